The Bertz CT molecular complexity index is 360. The van der Waals surface area contributed by atoms with Crippen molar-refractivity contribution in [3.05, 3.63) is 11.6 Å². The first kappa shape index (κ1) is 10.2. The number of hydrogen-bond donors (Lipinski definition) is 0. The van der Waals surface area contributed by atoms with Crippen LogP contribution in [-0.2, 0) is 9.63 Å². The zero-order chi connectivity index (χ0) is 11.1. The molecule has 1 amide bonds. The lowest BCUT2D eigenvalue weighted by atomic mass is 9.99. The van der Waals surface area contributed by atoms with Gasteiger partial charge >= 0.3 is 0 Å². The molecule has 0 aromatic carbocycles. The molecule has 0 spiro atoms. The second-order valence-corrected chi connectivity index (χ2v) is 4.49. The van der Waals surface area contributed by atoms with Crippen LogP contribution in [0.1, 0.15) is 33.6 Å². The first-order valence-corrected chi connectivity index (χ1v) is 5.28. The third-order valence-electron chi connectivity index (χ3n) is 3.01. The first-order chi connectivity index (χ1) is 7.04. The van der Waals surface area contributed by atoms with Gasteiger partial charge in [-0.3, -0.25) is 9.69 Å². The molecule has 82 valence electrons. The molecule has 0 aromatic rings. The highest BCUT2D eigenvalue weighted by atomic mass is 16.7. The van der Waals surface area contributed by atoms with Crippen molar-refractivity contribution >= 4 is 11.7 Å². The Hall–Kier alpha value is -1.32. The van der Waals surface area contributed by atoms with Gasteiger partial charge in [0.05, 0.1) is 6.42 Å². The van der Waals surface area contributed by atoms with Gasteiger partial charge in [-0.25, -0.2) is 0 Å². The third-order valence-corrected chi connectivity index (χ3v) is 3.01. The molecule has 0 fully saturated rings. The molecule has 1 atom stereocenters. The number of nitrogens with zero attached hydrogens (tertiary/aromatic N) is 2. The fraction of sp³-hybridized carbons (Fsp3) is 0.636. The van der Waals surface area contributed by atoms with E-state index < -0.39 is 0 Å². The number of hydrogen-bond acceptors (Lipinski definition) is 3. The van der Waals surface area contributed by atoms with Crippen molar-refractivity contribution < 1.29 is 9.63 Å². The SMILES string of the molecule is CCC1(C)CC(N2CC(C)=CC2=O)=NO1. The maximum absolute atomic E-state index is 11.6. The molecule has 15 heavy (non-hydrogen) atoms. The number of amidine groups is 1. The quantitative estimate of drug-likeness (QED) is 0.658. The van der Waals surface area contributed by atoms with Gasteiger partial charge in [0.15, 0.2) is 5.84 Å². The van der Waals surface area contributed by atoms with E-state index >= 15 is 0 Å². The highest BCUT2D eigenvalue weighted by Crippen LogP contribution is 2.29. The van der Waals surface area contributed by atoms with E-state index in [0.29, 0.717) is 6.54 Å². The number of carbonyl (C=O) groups excluding carboxylic acids is 1. The van der Waals surface area contributed by atoms with E-state index in [1.807, 2.05) is 13.8 Å². The average molecular weight is 208 g/mol. The van der Waals surface area contributed by atoms with Crippen molar-refractivity contribution in [3.63, 3.8) is 0 Å². The molecule has 1 unspecified atom stereocenters. The predicted octanol–water partition coefficient (Wildman–Crippen LogP) is 1.68. The van der Waals surface area contributed by atoms with Gasteiger partial charge in [-0.15, -0.1) is 0 Å². The van der Waals surface area contributed by atoms with Crippen LogP contribution in [-0.4, -0.2) is 28.8 Å². The Morgan fingerprint density at radius 3 is 2.87 bits per heavy atom. The largest absolute Gasteiger partial charge is 0.388 e. The highest BCUT2D eigenvalue weighted by Gasteiger charge is 2.37. The van der Waals surface area contributed by atoms with Crippen LogP contribution in [0.4, 0.5) is 0 Å². The fourth-order valence-corrected chi connectivity index (χ4v) is 1.78. The summed E-state index contributed by atoms with van der Waals surface area (Å²) in [6, 6.07) is 0. The van der Waals surface area contributed by atoms with Gasteiger partial charge in [0.2, 0.25) is 0 Å². The zero-order valence-electron chi connectivity index (χ0n) is 9.41. The Kier molecular flexibility index (Phi) is 2.29. The summed E-state index contributed by atoms with van der Waals surface area (Å²) in [6.45, 7) is 6.69. The van der Waals surface area contributed by atoms with E-state index in [-0.39, 0.29) is 11.5 Å². The van der Waals surface area contributed by atoms with Crippen molar-refractivity contribution in [1.82, 2.24) is 4.90 Å². The topological polar surface area (TPSA) is 41.9 Å². The summed E-state index contributed by atoms with van der Waals surface area (Å²) in [5.74, 6) is 0.785. The summed E-state index contributed by atoms with van der Waals surface area (Å²) in [4.78, 5) is 18.6. The van der Waals surface area contributed by atoms with E-state index in [1.165, 1.54) is 0 Å². The van der Waals surface area contributed by atoms with E-state index in [4.69, 9.17) is 4.84 Å². The van der Waals surface area contributed by atoms with Gasteiger partial charge < -0.3 is 4.84 Å². The standard InChI is InChI=1S/C11H16N2O2/c1-4-11(3)6-9(12-15-11)13-7-8(2)5-10(13)14/h5H,4,6-7H2,1-3H3. The maximum Gasteiger partial charge on any atom is 0.252 e. The van der Waals surface area contributed by atoms with Crippen LogP contribution < -0.4 is 0 Å². The molecule has 0 bridgehead atoms. The second-order valence-electron chi connectivity index (χ2n) is 4.49. The van der Waals surface area contributed by atoms with Crippen LogP contribution >= 0.6 is 0 Å². The monoisotopic (exact) mass is 208 g/mol. The molecular formula is C11H16N2O2. The molecule has 2 heterocycles. The number of rotatable bonds is 1. The molecule has 0 N–H and O–H groups in total. The molecule has 2 aliphatic heterocycles. The smallest absolute Gasteiger partial charge is 0.252 e. The summed E-state index contributed by atoms with van der Waals surface area (Å²) < 4.78 is 0. The molecule has 2 aliphatic rings. The molecule has 0 saturated carbocycles. The fourth-order valence-electron chi connectivity index (χ4n) is 1.78. The van der Waals surface area contributed by atoms with Crippen LogP contribution in [0.5, 0.6) is 0 Å². The summed E-state index contributed by atoms with van der Waals surface area (Å²) in [7, 11) is 0. The maximum atomic E-state index is 11.6. The minimum Gasteiger partial charge on any atom is -0.388 e. The minimum absolute atomic E-state index is 0.0233. The van der Waals surface area contributed by atoms with Crippen LogP contribution in [0.2, 0.25) is 0 Å². The minimum atomic E-state index is -0.230. The number of oxime groups is 1. The van der Waals surface area contributed by atoms with Crippen LogP contribution in [0.3, 0.4) is 0 Å². The molecule has 4 heteroatoms. The summed E-state index contributed by atoms with van der Waals surface area (Å²) in [5.41, 5.74) is 0.847. The Balaban J connectivity index is 2.07. The van der Waals surface area contributed by atoms with Gasteiger partial charge in [-0.2, -0.15) is 0 Å². The lowest BCUT2D eigenvalue weighted by molar-refractivity contribution is -0.121. The van der Waals surface area contributed by atoms with Gasteiger partial charge in [0.25, 0.3) is 5.91 Å². The van der Waals surface area contributed by atoms with Crippen molar-refractivity contribution in [2.75, 3.05) is 6.54 Å². The van der Waals surface area contributed by atoms with E-state index in [0.717, 1.165) is 24.3 Å². The lowest BCUT2D eigenvalue weighted by Gasteiger charge is -2.20. The average Bonchev–Trinajstić information content (AvgIpc) is 2.71. The summed E-state index contributed by atoms with van der Waals surface area (Å²) in [5, 5.41) is 4.01. The molecule has 4 nitrogen and oxygen atoms in total. The van der Waals surface area contributed by atoms with Crippen molar-refractivity contribution in [3.8, 4) is 0 Å². The van der Waals surface area contributed by atoms with Crippen LogP contribution in [0.25, 0.3) is 0 Å². The summed E-state index contributed by atoms with van der Waals surface area (Å²) in [6.07, 6.45) is 3.27. The van der Waals surface area contributed by atoms with E-state index in [2.05, 4.69) is 12.1 Å². The second kappa shape index (κ2) is 3.36. The van der Waals surface area contributed by atoms with Gasteiger partial charge in [0.1, 0.15) is 5.60 Å². The van der Waals surface area contributed by atoms with Crippen LogP contribution in [0, 0.1) is 0 Å². The van der Waals surface area contributed by atoms with E-state index in [9.17, 15) is 4.79 Å². The normalized spacial score (nSPS) is 30.3. The number of amides is 1. The number of carbonyl (C=O) groups is 1. The molecular weight excluding hydrogens is 192 g/mol. The first-order valence-electron chi connectivity index (χ1n) is 5.28. The predicted molar refractivity (Wildman–Crippen MR) is 57.3 cm³/mol. The van der Waals surface area contributed by atoms with Crippen molar-refractivity contribution in [2.45, 2.75) is 39.2 Å². The van der Waals surface area contributed by atoms with Crippen LogP contribution in [0.15, 0.2) is 16.8 Å². The van der Waals surface area contributed by atoms with Crippen molar-refractivity contribution in [1.29, 1.82) is 0 Å². The van der Waals surface area contributed by atoms with Gasteiger partial charge in [0, 0.05) is 12.6 Å². The highest BCUT2D eigenvalue weighted by molar-refractivity contribution is 6.06. The molecule has 0 aliphatic carbocycles. The molecule has 2 rings (SSSR count). The Morgan fingerprint density at radius 1 is 1.67 bits per heavy atom. The van der Waals surface area contributed by atoms with Gasteiger partial charge in [-0.1, -0.05) is 12.1 Å². The molecule has 0 saturated heterocycles. The van der Waals surface area contributed by atoms with Gasteiger partial charge in [-0.05, 0) is 25.8 Å². The van der Waals surface area contributed by atoms with Crippen molar-refractivity contribution in [2.24, 2.45) is 5.16 Å². The zero-order valence-corrected chi connectivity index (χ0v) is 9.41. The third kappa shape index (κ3) is 1.76. The molecule has 0 radical (unpaired) electrons. The summed E-state index contributed by atoms with van der Waals surface area (Å²) >= 11 is 0. The Morgan fingerprint density at radius 2 is 2.40 bits per heavy atom. The Labute approximate surface area is 89.6 Å². The van der Waals surface area contributed by atoms with E-state index in [1.54, 1.807) is 11.0 Å². The molecule has 0 aromatic heterocycles. The lowest BCUT2D eigenvalue weighted by Crippen LogP contribution is -2.34.